The molecule has 2 N–H and O–H groups in total. The highest BCUT2D eigenvalue weighted by molar-refractivity contribution is 6.34. The van der Waals surface area contributed by atoms with Crippen LogP contribution in [0, 0.1) is 5.92 Å². The Kier molecular flexibility index (Phi) is 4.12. The van der Waals surface area contributed by atoms with Crippen LogP contribution < -0.4 is 10.5 Å². The number of rotatable bonds is 3. The molecule has 0 heterocycles. The molecular weight excluding hydrogens is 305 g/mol. The number of halogens is 2. The average Bonchev–Trinajstić information content (AvgIpc) is 2.92. The minimum Gasteiger partial charge on any atom is -0.495 e. The summed E-state index contributed by atoms with van der Waals surface area (Å²) in [6.45, 7) is 0. The van der Waals surface area contributed by atoms with Gasteiger partial charge in [-0.3, -0.25) is 0 Å². The van der Waals surface area contributed by atoms with Crippen LogP contribution in [0.1, 0.15) is 22.7 Å². The standard InChI is InChI=1S/C17H17Cl2NO/c1-21-16-9-14(18)13(8-15(16)19)17(20)12-6-10-4-2-3-5-11(10)7-12/h2-5,8-9,12,17H,6-7,20H2,1H3. The second kappa shape index (κ2) is 5.88. The first-order valence-electron chi connectivity index (χ1n) is 6.95. The highest BCUT2D eigenvalue weighted by Crippen LogP contribution is 2.39. The van der Waals surface area contributed by atoms with Crippen molar-refractivity contribution < 1.29 is 4.74 Å². The van der Waals surface area contributed by atoms with Gasteiger partial charge < -0.3 is 10.5 Å². The van der Waals surface area contributed by atoms with E-state index in [2.05, 4.69) is 24.3 Å². The van der Waals surface area contributed by atoms with Crippen molar-refractivity contribution in [2.45, 2.75) is 18.9 Å². The molecule has 0 fully saturated rings. The van der Waals surface area contributed by atoms with E-state index in [9.17, 15) is 0 Å². The van der Waals surface area contributed by atoms with Gasteiger partial charge in [0.25, 0.3) is 0 Å². The second-order valence-electron chi connectivity index (χ2n) is 5.47. The van der Waals surface area contributed by atoms with E-state index in [1.165, 1.54) is 11.1 Å². The zero-order valence-corrected chi connectivity index (χ0v) is 13.3. The molecule has 2 aromatic rings. The first-order chi connectivity index (χ1) is 10.1. The molecule has 1 atom stereocenters. The number of benzene rings is 2. The Morgan fingerprint density at radius 1 is 1.10 bits per heavy atom. The van der Waals surface area contributed by atoms with Gasteiger partial charge in [-0.05, 0) is 41.5 Å². The summed E-state index contributed by atoms with van der Waals surface area (Å²) in [4.78, 5) is 0. The number of hydrogen-bond donors (Lipinski definition) is 1. The summed E-state index contributed by atoms with van der Waals surface area (Å²) < 4.78 is 5.18. The topological polar surface area (TPSA) is 35.2 Å². The first-order valence-corrected chi connectivity index (χ1v) is 7.71. The van der Waals surface area contributed by atoms with Crippen LogP contribution in [0.15, 0.2) is 36.4 Å². The monoisotopic (exact) mass is 321 g/mol. The lowest BCUT2D eigenvalue weighted by Gasteiger charge is -2.21. The van der Waals surface area contributed by atoms with Crippen molar-refractivity contribution in [3.05, 3.63) is 63.1 Å². The van der Waals surface area contributed by atoms with Crippen LogP contribution in [0.3, 0.4) is 0 Å². The zero-order valence-electron chi connectivity index (χ0n) is 11.8. The van der Waals surface area contributed by atoms with Gasteiger partial charge in [-0.25, -0.2) is 0 Å². The van der Waals surface area contributed by atoms with Crippen LogP contribution in [-0.2, 0) is 12.8 Å². The van der Waals surface area contributed by atoms with Crippen molar-refractivity contribution in [2.75, 3.05) is 7.11 Å². The average molecular weight is 322 g/mol. The van der Waals surface area contributed by atoms with Crippen LogP contribution in [-0.4, -0.2) is 7.11 Å². The fraction of sp³-hybridized carbons (Fsp3) is 0.294. The number of ether oxygens (including phenoxy) is 1. The Hall–Kier alpha value is -1.22. The minimum atomic E-state index is -0.131. The van der Waals surface area contributed by atoms with E-state index in [-0.39, 0.29) is 6.04 Å². The van der Waals surface area contributed by atoms with E-state index >= 15 is 0 Å². The molecule has 4 heteroatoms. The fourth-order valence-corrected chi connectivity index (χ4v) is 3.59. The molecule has 1 aliphatic rings. The minimum absolute atomic E-state index is 0.131. The van der Waals surface area contributed by atoms with Gasteiger partial charge >= 0.3 is 0 Å². The molecule has 2 aromatic carbocycles. The maximum atomic E-state index is 6.46. The van der Waals surface area contributed by atoms with Crippen molar-refractivity contribution in [1.29, 1.82) is 0 Å². The van der Waals surface area contributed by atoms with Gasteiger partial charge in [-0.1, -0.05) is 47.5 Å². The van der Waals surface area contributed by atoms with Crippen LogP contribution in [0.4, 0.5) is 0 Å². The summed E-state index contributed by atoms with van der Waals surface area (Å²) in [5.41, 5.74) is 10.1. The molecule has 0 bridgehead atoms. The third kappa shape index (κ3) is 2.76. The molecule has 3 rings (SSSR count). The normalized spacial score (nSPS) is 15.8. The summed E-state index contributed by atoms with van der Waals surface area (Å²) in [5, 5.41) is 1.16. The molecule has 1 unspecified atom stereocenters. The van der Waals surface area contributed by atoms with E-state index in [4.69, 9.17) is 33.7 Å². The first kappa shape index (κ1) is 14.7. The lowest BCUT2D eigenvalue weighted by atomic mass is 9.91. The van der Waals surface area contributed by atoms with Crippen molar-refractivity contribution in [3.8, 4) is 5.75 Å². The molecule has 0 amide bonds. The van der Waals surface area contributed by atoms with E-state index in [1.807, 2.05) is 6.07 Å². The molecule has 0 saturated heterocycles. The molecular formula is C17H17Cl2NO. The lowest BCUT2D eigenvalue weighted by molar-refractivity contribution is 0.413. The number of methoxy groups -OCH3 is 1. The summed E-state index contributed by atoms with van der Waals surface area (Å²) in [6, 6.07) is 11.9. The largest absolute Gasteiger partial charge is 0.495 e. The zero-order chi connectivity index (χ0) is 15.0. The Morgan fingerprint density at radius 3 is 2.29 bits per heavy atom. The Balaban J connectivity index is 1.87. The van der Waals surface area contributed by atoms with E-state index in [1.54, 1.807) is 13.2 Å². The number of nitrogens with two attached hydrogens (primary N) is 1. The molecule has 2 nitrogen and oxygen atoms in total. The maximum absolute atomic E-state index is 6.46. The molecule has 0 radical (unpaired) electrons. The second-order valence-corrected chi connectivity index (χ2v) is 6.29. The molecule has 0 aliphatic heterocycles. The van der Waals surface area contributed by atoms with E-state index in [0.29, 0.717) is 21.7 Å². The van der Waals surface area contributed by atoms with Gasteiger partial charge in [0.05, 0.1) is 12.1 Å². The van der Waals surface area contributed by atoms with E-state index in [0.717, 1.165) is 18.4 Å². The van der Waals surface area contributed by atoms with Gasteiger partial charge in [0.15, 0.2) is 0 Å². The fourth-order valence-electron chi connectivity index (χ4n) is 3.06. The van der Waals surface area contributed by atoms with Crippen LogP contribution in [0.5, 0.6) is 5.75 Å². The SMILES string of the molecule is COc1cc(Cl)c(C(N)C2Cc3ccccc3C2)cc1Cl. The maximum Gasteiger partial charge on any atom is 0.138 e. The van der Waals surface area contributed by atoms with Gasteiger partial charge in [0.2, 0.25) is 0 Å². The lowest BCUT2D eigenvalue weighted by Crippen LogP contribution is -2.22. The number of fused-ring (bicyclic) bond motifs is 1. The molecule has 1 aliphatic carbocycles. The summed E-state index contributed by atoms with van der Waals surface area (Å²) in [5.74, 6) is 0.927. The molecule has 21 heavy (non-hydrogen) atoms. The molecule has 0 aromatic heterocycles. The third-order valence-electron chi connectivity index (χ3n) is 4.22. The van der Waals surface area contributed by atoms with Gasteiger partial charge in [0, 0.05) is 17.1 Å². The van der Waals surface area contributed by atoms with Crippen molar-refractivity contribution >= 4 is 23.2 Å². The van der Waals surface area contributed by atoms with Crippen LogP contribution >= 0.6 is 23.2 Å². The van der Waals surface area contributed by atoms with Crippen molar-refractivity contribution in [1.82, 2.24) is 0 Å². The van der Waals surface area contributed by atoms with Crippen LogP contribution in [0.25, 0.3) is 0 Å². The predicted octanol–water partition coefficient (Wildman–Crippen LogP) is 4.42. The van der Waals surface area contributed by atoms with Gasteiger partial charge in [-0.2, -0.15) is 0 Å². The van der Waals surface area contributed by atoms with Crippen molar-refractivity contribution in [3.63, 3.8) is 0 Å². The highest BCUT2D eigenvalue weighted by atomic mass is 35.5. The van der Waals surface area contributed by atoms with Crippen LogP contribution in [0.2, 0.25) is 10.0 Å². The summed E-state index contributed by atoms with van der Waals surface area (Å²) in [6.07, 6.45) is 1.97. The van der Waals surface area contributed by atoms with Gasteiger partial charge in [0.1, 0.15) is 5.75 Å². The Bertz CT molecular complexity index is 647. The summed E-state index contributed by atoms with van der Waals surface area (Å²) >= 11 is 12.5. The number of hydrogen-bond acceptors (Lipinski definition) is 2. The summed E-state index contributed by atoms with van der Waals surface area (Å²) in [7, 11) is 1.57. The molecule has 0 saturated carbocycles. The van der Waals surface area contributed by atoms with Gasteiger partial charge in [-0.15, -0.1) is 0 Å². The smallest absolute Gasteiger partial charge is 0.138 e. The molecule has 110 valence electrons. The Morgan fingerprint density at radius 2 is 1.71 bits per heavy atom. The quantitative estimate of drug-likeness (QED) is 0.908. The third-order valence-corrected chi connectivity index (χ3v) is 4.84. The Labute approximate surface area is 134 Å². The van der Waals surface area contributed by atoms with E-state index < -0.39 is 0 Å². The molecule has 0 spiro atoms. The van der Waals surface area contributed by atoms with Crippen molar-refractivity contribution in [2.24, 2.45) is 11.7 Å². The predicted molar refractivity (Wildman–Crippen MR) is 87.3 cm³/mol. The highest BCUT2D eigenvalue weighted by Gasteiger charge is 2.28.